The highest BCUT2D eigenvalue weighted by Gasteiger charge is 2.14. The maximum absolute atomic E-state index is 11.8. The number of carbonyl (C=O) groups excluding carboxylic acids is 1. The third kappa shape index (κ3) is 4.33. The summed E-state index contributed by atoms with van der Waals surface area (Å²) in [5.74, 6) is 0.599. The van der Waals surface area contributed by atoms with Crippen LogP contribution in [-0.2, 0) is 9.47 Å². The number of hydrogen-bond acceptors (Lipinski definition) is 3. The standard InChI is InChI=1S/C14H17IO3/c15-13-3-1-12(2-4-13)14(16)10-18-9-11-5-7-17-8-6-11/h1-4,11H,5-10H2. The summed E-state index contributed by atoms with van der Waals surface area (Å²) >= 11 is 2.22. The molecule has 1 heterocycles. The lowest BCUT2D eigenvalue weighted by molar-refractivity contribution is 0.0216. The van der Waals surface area contributed by atoms with Crippen molar-refractivity contribution in [1.82, 2.24) is 0 Å². The SMILES string of the molecule is O=C(COCC1CCOCC1)c1ccc(I)cc1. The summed E-state index contributed by atoms with van der Waals surface area (Å²) in [6, 6.07) is 7.57. The number of carbonyl (C=O) groups is 1. The van der Waals surface area contributed by atoms with Gasteiger partial charge in [0.25, 0.3) is 0 Å². The third-order valence-electron chi connectivity index (χ3n) is 3.09. The van der Waals surface area contributed by atoms with E-state index in [0.29, 0.717) is 12.5 Å². The van der Waals surface area contributed by atoms with Crippen molar-refractivity contribution in [2.75, 3.05) is 26.4 Å². The van der Waals surface area contributed by atoms with Gasteiger partial charge < -0.3 is 9.47 Å². The van der Waals surface area contributed by atoms with Crippen molar-refractivity contribution in [3.05, 3.63) is 33.4 Å². The molecule has 1 aromatic rings. The molecule has 3 nitrogen and oxygen atoms in total. The van der Waals surface area contributed by atoms with Crippen molar-refractivity contribution in [2.45, 2.75) is 12.8 Å². The van der Waals surface area contributed by atoms with Crippen molar-refractivity contribution in [2.24, 2.45) is 5.92 Å². The zero-order valence-corrected chi connectivity index (χ0v) is 12.4. The molecule has 0 N–H and O–H groups in total. The van der Waals surface area contributed by atoms with Crippen molar-refractivity contribution in [3.63, 3.8) is 0 Å². The zero-order valence-electron chi connectivity index (χ0n) is 10.2. The van der Waals surface area contributed by atoms with Crippen LogP contribution >= 0.6 is 22.6 Å². The Hall–Kier alpha value is -0.460. The van der Waals surface area contributed by atoms with Crippen LogP contribution < -0.4 is 0 Å². The van der Waals surface area contributed by atoms with E-state index in [1.54, 1.807) is 0 Å². The predicted molar refractivity (Wildman–Crippen MR) is 77.9 cm³/mol. The summed E-state index contributed by atoms with van der Waals surface area (Å²) in [6.07, 6.45) is 2.08. The Morgan fingerprint density at radius 2 is 1.94 bits per heavy atom. The van der Waals surface area contributed by atoms with E-state index in [1.165, 1.54) is 0 Å². The van der Waals surface area contributed by atoms with Crippen LogP contribution in [0.25, 0.3) is 0 Å². The molecular formula is C14H17IO3. The lowest BCUT2D eigenvalue weighted by Gasteiger charge is -2.21. The van der Waals surface area contributed by atoms with Crippen molar-refractivity contribution in [3.8, 4) is 0 Å². The molecule has 0 atom stereocenters. The molecule has 1 saturated heterocycles. The summed E-state index contributed by atoms with van der Waals surface area (Å²) in [4.78, 5) is 11.8. The first-order chi connectivity index (χ1) is 8.75. The minimum atomic E-state index is 0.0541. The quantitative estimate of drug-likeness (QED) is 0.598. The van der Waals surface area contributed by atoms with Gasteiger partial charge in [0.2, 0.25) is 0 Å². The smallest absolute Gasteiger partial charge is 0.188 e. The number of hydrogen-bond donors (Lipinski definition) is 0. The molecule has 0 bridgehead atoms. The van der Waals surface area contributed by atoms with Crippen LogP contribution in [-0.4, -0.2) is 32.2 Å². The van der Waals surface area contributed by atoms with Gasteiger partial charge in [-0.3, -0.25) is 4.79 Å². The Morgan fingerprint density at radius 1 is 1.28 bits per heavy atom. The summed E-state index contributed by atoms with van der Waals surface area (Å²) in [7, 11) is 0. The molecule has 1 aliphatic rings. The fraction of sp³-hybridized carbons (Fsp3) is 0.500. The fourth-order valence-electron chi connectivity index (χ4n) is 1.95. The minimum absolute atomic E-state index is 0.0541. The molecule has 18 heavy (non-hydrogen) atoms. The number of benzene rings is 1. The highest BCUT2D eigenvalue weighted by atomic mass is 127. The second-order valence-corrected chi connectivity index (χ2v) is 5.75. The van der Waals surface area contributed by atoms with E-state index in [9.17, 15) is 4.79 Å². The van der Waals surface area contributed by atoms with Gasteiger partial charge in [0.05, 0.1) is 6.61 Å². The van der Waals surface area contributed by atoms with Crippen molar-refractivity contribution >= 4 is 28.4 Å². The van der Waals surface area contributed by atoms with Crippen LogP contribution in [0.15, 0.2) is 24.3 Å². The average molecular weight is 360 g/mol. The molecule has 0 radical (unpaired) electrons. The van der Waals surface area contributed by atoms with E-state index in [-0.39, 0.29) is 12.4 Å². The summed E-state index contributed by atoms with van der Waals surface area (Å²) in [5.41, 5.74) is 0.724. The van der Waals surface area contributed by atoms with E-state index >= 15 is 0 Å². The molecule has 0 unspecified atom stereocenters. The molecule has 1 aliphatic heterocycles. The summed E-state index contributed by atoms with van der Waals surface area (Å²) in [6.45, 7) is 2.48. The van der Waals surface area contributed by atoms with Crippen LogP contribution in [0.2, 0.25) is 0 Å². The van der Waals surface area contributed by atoms with Gasteiger partial charge in [0, 0.05) is 22.3 Å². The Morgan fingerprint density at radius 3 is 2.61 bits per heavy atom. The molecule has 4 heteroatoms. The summed E-state index contributed by atoms with van der Waals surface area (Å²) in [5, 5.41) is 0. The molecular weight excluding hydrogens is 343 g/mol. The van der Waals surface area contributed by atoms with Gasteiger partial charge in [-0.1, -0.05) is 12.1 Å². The first kappa shape index (κ1) is 14.0. The molecule has 1 fully saturated rings. The second-order valence-electron chi connectivity index (χ2n) is 4.50. The topological polar surface area (TPSA) is 35.5 Å². The number of ketones is 1. The molecule has 0 spiro atoms. The van der Waals surface area contributed by atoms with Gasteiger partial charge in [-0.15, -0.1) is 0 Å². The van der Waals surface area contributed by atoms with E-state index in [0.717, 1.165) is 35.2 Å². The third-order valence-corrected chi connectivity index (χ3v) is 3.81. The maximum Gasteiger partial charge on any atom is 0.188 e. The van der Waals surface area contributed by atoms with Crippen LogP contribution in [0, 0.1) is 9.49 Å². The zero-order chi connectivity index (χ0) is 12.8. The first-order valence-electron chi connectivity index (χ1n) is 6.20. The summed E-state index contributed by atoms with van der Waals surface area (Å²) < 4.78 is 11.9. The van der Waals surface area contributed by atoms with Crippen LogP contribution in [0.5, 0.6) is 0 Å². The Labute approximate surface area is 121 Å². The molecule has 0 amide bonds. The lowest BCUT2D eigenvalue weighted by atomic mass is 10.0. The molecule has 2 rings (SSSR count). The van der Waals surface area contributed by atoms with Gasteiger partial charge in [0.1, 0.15) is 6.61 Å². The van der Waals surface area contributed by atoms with Crippen molar-refractivity contribution in [1.29, 1.82) is 0 Å². The molecule has 1 aromatic carbocycles. The van der Waals surface area contributed by atoms with Gasteiger partial charge in [-0.25, -0.2) is 0 Å². The van der Waals surface area contributed by atoms with Crippen molar-refractivity contribution < 1.29 is 14.3 Å². The highest BCUT2D eigenvalue weighted by Crippen LogP contribution is 2.15. The Bertz CT molecular complexity index is 383. The monoisotopic (exact) mass is 360 g/mol. The average Bonchev–Trinajstić information content (AvgIpc) is 2.40. The largest absolute Gasteiger partial charge is 0.381 e. The van der Waals surface area contributed by atoms with Crippen LogP contribution in [0.3, 0.4) is 0 Å². The van der Waals surface area contributed by atoms with E-state index in [2.05, 4.69) is 22.6 Å². The molecule has 0 saturated carbocycles. The van der Waals surface area contributed by atoms with E-state index < -0.39 is 0 Å². The maximum atomic E-state index is 11.8. The van der Waals surface area contributed by atoms with Gasteiger partial charge in [0.15, 0.2) is 5.78 Å². The number of ether oxygens (including phenoxy) is 2. The number of Topliss-reactive ketones (excluding diaryl/α,β-unsaturated/α-hetero) is 1. The van der Waals surface area contributed by atoms with Gasteiger partial charge in [-0.2, -0.15) is 0 Å². The number of halogens is 1. The van der Waals surface area contributed by atoms with Crippen LogP contribution in [0.4, 0.5) is 0 Å². The fourth-order valence-corrected chi connectivity index (χ4v) is 2.31. The van der Waals surface area contributed by atoms with Crippen LogP contribution in [0.1, 0.15) is 23.2 Å². The Balaban J connectivity index is 1.72. The van der Waals surface area contributed by atoms with Gasteiger partial charge >= 0.3 is 0 Å². The second kappa shape index (κ2) is 7.21. The normalized spacial score (nSPS) is 16.7. The lowest BCUT2D eigenvalue weighted by Crippen LogP contribution is -2.21. The minimum Gasteiger partial charge on any atom is -0.381 e. The van der Waals surface area contributed by atoms with E-state index in [1.807, 2.05) is 24.3 Å². The number of rotatable bonds is 5. The molecule has 98 valence electrons. The first-order valence-corrected chi connectivity index (χ1v) is 7.28. The molecule has 0 aliphatic carbocycles. The van der Waals surface area contributed by atoms with E-state index in [4.69, 9.17) is 9.47 Å². The predicted octanol–water partition coefficient (Wildman–Crippen LogP) is 2.92. The Kier molecular flexibility index (Phi) is 5.59. The molecule has 0 aromatic heterocycles. The highest BCUT2D eigenvalue weighted by molar-refractivity contribution is 14.1. The van der Waals surface area contributed by atoms with Gasteiger partial charge in [-0.05, 0) is 53.5 Å².